The predicted octanol–water partition coefficient (Wildman–Crippen LogP) is 5.82. The van der Waals surface area contributed by atoms with Gasteiger partial charge in [0.05, 0.1) is 0 Å². The topological polar surface area (TPSA) is 52.9 Å². The van der Waals surface area contributed by atoms with Gasteiger partial charge in [-0.25, -0.2) is 0 Å². The standard InChI is InChI=1S/C29H33NO3/c31-24-9-4-21(5-10-24)27-14-8-23-20-25(32)11-15-28(23)29(27)22-6-12-26(13-7-22)33-19-18-30-16-2-1-3-17-30/h4-7,9-13,15,20,27,29,31-32H,1-3,8,14,16-19H2/t27-,29+/m0/s1. The molecule has 0 unspecified atom stereocenters. The molecule has 2 atom stereocenters. The lowest BCUT2D eigenvalue weighted by Crippen LogP contribution is -2.33. The smallest absolute Gasteiger partial charge is 0.119 e. The van der Waals surface area contributed by atoms with E-state index in [2.05, 4.69) is 35.2 Å². The normalized spacial score (nSPS) is 20.8. The van der Waals surface area contributed by atoms with E-state index >= 15 is 0 Å². The molecule has 0 spiro atoms. The van der Waals surface area contributed by atoms with Crippen molar-refractivity contribution < 1.29 is 14.9 Å². The highest BCUT2D eigenvalue weighted by Crippen LogP contribution is 2.47. The molecule has 4 heteroatoms. The van der Waals surface area contributed by atoms with Crippen LogP contribution in [0.5, 0.6) is 17.2 Å². The summed E-state index contributed by atoms with van der Waals surface area (Å²) in [4.78, 5) is 2.49. The van der Waals surface area contributed by atoms with Crippen molar-refractivity contribution in [1.29, 1.82) is 0 Å². The number of likely N-dealkylation sites (tertiary alicyclic amines) is 1. The van der Waals surface area contributed by atoms with Crippen LogP contribution in [0.4, 0.5) is 0 Å². The van der Waals surface area contributed by atoms with E-state index in [9.17, 15) is 10.2 Å². The molecule has 172 valence electrons. The monoisotopic (exact) mass is 443 g/mol. The maximum atomic E-state index is 10.0. The van der Waals surface area contributed by atoms with Crippen molar-refractivity contribution in [2.24, 2.45) is 0 Å². The molecule has 1 fully saturated rings. The second-order valence-corrected chi connectivity index (χ2v) is 9.42. The number of nitrogens with zero attached hydrogens (tertiary/aromatic N) is 1. The lowest BCUT2D eigenvalue weighted by molar-refractivity contribution is 0.183. The minimum Gasteiger partial charge on any atom is -0.508 e. The third-order valence-corrected chi connectivity index (χ3v) is 7.27. The molecular weight excluding hydrogens is 410 g/mol. The van der Waals surface area contributed by atoms with Gasteiger partial charge in [-0.3, -0.25) is 4.90 Å². The largest absolute Gasteiger partial charge is 0.508 e. The maximum Gasteiger partial charge on any atom is 0.119 e. The summed E-state index contributed by atoms with van der Waals surface area (Å²) in [6.07, 6.45) is 5.90. The summed E-state index contributed by atoms with van der Waals surface area (Å²) >= 11 is 0. The summed E-state index contributed by atoms with van der Waals surface area (Å²) in [5.41, 5.74) is 4.98. The number of phenols is 2. The van der Waals surface area contributed by atoms with Crippen LogP contribution in [0.2, 0.25) is 0 Å². The molecule has 2 N–H and O–H groups in total. The number of hydrogen-bond acceptors (Lipinski definition) is 4. The van der Waals surface area contributed by atoms with Gasteiger partial charge in [0.25, 0.3) is 0 Å². The minimum atomic E-state index is 0.196. The number of rotatable bonds is 6. The highest BCUT2D eigenvalue weighted by Gasteiger charge is 2.32. The molecule has 2 aliphatic rings. The lowest BCUT2D eigenvalue weighted by Gasteiger charge is -2.35. The van der Waals surface area contributed by atoms with E-state index in [1.54, 1.807) is 18.2 Å². The predicted molar refractivity (Wildman–Crippen MR) is 131 cm³/mol. The average molecular weight is 444 g/mol. The van der Waals surface area contributed by atoms with E-state index in [-0.39, 0.29) is 5.92 Å². The van der Waals surface area contributed by atoms with Gasteiger partial charge in [-0.2, -0.15) is 0 Å². The van der Waals surface area contributed by atoms with Gasteiger partial charge in [-0.1, -0.05) is 36.8 Å². The number of hydrogen-bond donors (Lipinski definition) is 2. The molecule has 3 aromatic carbocycles. The average Bonchev–Trinajstić information content (AvgIpc) is 2.85. The van der Waals surface area contributed by atoms with Crippen LogP contribution in [0.25, 0.3) is 0 Å². The molecule has 1 aliphatic heterocycles. The van der Waals surface area contributed by atoms with E-state index in [1.165, 1.54) is 54.6 Å². The first-order valence-corrected chi connectivity index (χ1v) is 12.2. The van der Waals surface area contributed by atoms with Gasteiger partial charge in [-0.15, -0.1) is 0 Å². The SMILES string of the molecule is Oc1ccc([C@@H]2CCc3cc(O)ccc3[C@@H]2c2ccc(OCCN3CCCCC3)cc2)cc1. The van der Waals surface area contributed by atoms with Crippen molar-refractivity contribution in [3.05, 3.63) is 89.0 Å². The maximum absolute atomic E-state index is 10.0. The van der Waals surface area contributed by atoms with E-state index < -0.39 is 0 Å². The molecule has 0 radical (unpaired) electrons. The Morgan fingerprint density at radius 1 is 0.788 bits per heavy atom. The number of fused-ring (bicyclic) bond motifs is 1. The fourth-order valence-electron chi connectivity index (χ4n) is 5.55. The van der Waals surface area contributed by atoms with Crippen LogP contribution in [0.3, 0.4) is 0 Å². The van der Waals surface area contributed by atoms with Gasteiger partial charge in [0.2, 0.25) is 0 Å². The van der Waals surface area contributed by atoms with E-state index in [0.717, 1.165) is 31.7 Å². The van der Waals surface area contributed by atoms with Crippen LogP contribution >= 0.6 is 0 Å². The first-order chi connectivity index (χ1) is 16.2. The molecule has 0 saturated carbocycles. The van der Waals surface area contributed by atoms with Crippen molar-refractivity contribution in [3.63, 3.8) is 0 Å². The summed E-state index contributed by atoms with van der Waals surface area (Å²) in [6.45, 7) is 4.10. The summed E-state index contributed by atoms with van der Waals surface area (Å²) in [5.74, 6) is 2.05. The molecule has 33 heavy (non-hydrogen) atoms. The molecule has 3 aromatic rings. The van der Waals surface area contributed by atoms with Crippen LogP contribution in [-0.2, 0) is 6.42 Å². The highest BCUT2D eigenvalue weighted by molar-refractivity contribution is 5.48. The molecule has 4 nitrogen and oxygen atoms in total. The second-order valence-electron chi connectivity index (χ2n) is 9.42. The van der Waals surface area contributed by atoms with Crippen LogP contribution in [0.15, 0.2) is 66.7 Å². The van der Waals surface area contributed by atoms with Crippen molar-refractivity contribution in [1.82, 2.24) is 4.90 Å². The molecule has 1 saturated heterocycles. The van der Waals surface area contributed by atoms with Gasteiger partial charge in [0.1, 0.15) is 23.9 Å². The Balaban J connectivity index is 1.36. The Hall–Kier alpha value is -2.98. The van der Waals surface area contributed by atoms with Gasteiger partial charge in [0, 0.05) is 12.5 Å². The Labute approximate surface area is 196 Å². The van der Waals surface area contributed by atoms with Crippen molar-refractivity contribution in [2.75, 3.05) is 26.2 Å². The number of piperidine rings is 1. The zero-order valence-corrected chi connectivity index (χ0v) is 19.1. The van der Waals surface area contributed by atoms with Crippen LogP contribution in [0.1, 0.15) is 59.8 Å². The molecule has 1 heterocycles. The highest BCUT2D eigenvalue weighted by atomic mass is 16.5. The Kier molecular flexibility index (Phi) is 6.54. The number of phenolic OH excluding ortho intramolecular Hbond substituents is 2. The zero-order valence-electron chi connectivity index (χ0n) is 19.1. The fourth-order valence-corrected chi connectivity index (χ4v) is 5.55. The molecule has 0 aromatic heterocycles. The summed E-state index contributed by atoms with van der Waals surface area (Å²) in [5, 5.41) is 19.8. The minimum absolute atomic E-state index is 0.196. The molecule has 5 rings (SSSR count). The van der Waals surface area contributed by atoms with E-state index in [4.69, 9.17) is 4.74 Å². The van der Waals surface area contributed by atoms with Crippen molar-refractivity contribution in [3.8, 4) is 17.2 Å². The van der Waals surface area contributed by atoms with E-state index in [0.29, 0.717) is 17.4 Å². The third-order valence-electron chi connectivity index (χ3n) is 7.27. The van der Waals surface area contributed by atoms with Gasteiger partial charge in [0.15, 0.2) is 0 Å². The van der Waals surface area contributed by atoms with Crippen molar-refractivity contribution >= 4 is 0 Å². The summed E-state index contributed by atoms with van der Waals surface area (Å²) in [7, 11) is 0. The quantitative estimate of drug-likeness (QED) is 0.504. The molecule has 1 aliphatic carbocycles. The first-order valence-electron chi connectivity index (χ1n) is 12.2. The van der Waals surface area contributed by atoms with Gasteiger partial charge >= 0.3 is 0 Å². The number of aromatic hydroxyl groups is 2. The summed E-state index contributed by atoms with van der Waals surface area (Å²) in [6, 6.07) is 22.0. The van der Waals surface area contributed by atoms with E-state index in [1.807, 2.05) is 18.2 Å². The Bertz CT molecular complexity index is 1060. The molecular formula is C29H33NO3. The number of benzene rings is 3. The van der Waals surface area contributed by atoms with Crippen LogP contribution < -0.4 is 4.74 Å². The van der Waals surface area contributed by atoms with Gasteiger partial charge in [-0.05, 0) is 103 Å². The summed E-state index contributed by atoms with van der Waals surface area (Å²) < 4.78 is 6.06. The zero-order chi connectivity index (χ0) is 22.6. The van der Waals surface area contributed by atoms with Crippen molar-refractivity contribution in [2.45, 2.75) is 43.9 Å². The number of aryl methyl sites for hydroxylation is 1. The first kappa shape index (κ1) is 21.8. The van der Waals surface area contributed by atoms with Gasteiger partial charge < -0.3 is 14.9 Å². The van der Waals surface area contributed by atoms with Crippen LogP contribution in [-0.4, -0.2) is 41.4 Å². The molecule has 0 amide bonds. The molecule has 0 bridgehead atoms. The number of ether oxygens (including phenoxy) is 1. The third kappa shape index (κ3) is 5.01. The van der Waals surface area contributed by atoms with Crippen LogP contribution in [0, 0.1) is 0 Å². The lowest BCUT2D eigenvalue weighted by atomic mass is 9.69. The second kappa shape index (κ2) is 9.88. The fraction of sp³-hybridized carbons (Fsp3) is 0.379. The Morgan fingerprint density at radius 2 is 1.48 bits per heavy atom. The Morgan fingerprint density at radius 3 is 2.24 bits per heavy atom.